The average molecular weight is 352 g/mol. The number of hydrogen-bond donors (Lipinski definition) is 1. The quantitative estimate of drug-likeness (QED) is 0.896. The van der Waals surface area contributed by atoms with Crippen molar-refractivity contribution in [2.75, 3.05) is 29.5 Å². The Morgan fingerprint density at radius 3 is 2.35 bits per heavy atom. The molecular weight excluding hydrogens is 332 g/mol. The Morgan fingerprint density at radius 2 is 1.69 bits per heavy atom. The Morgan fingerprint density at radius 1 is 1.00 bits per heavy atom. The summed E-state index contributed by atoms with van der Waals surface area (Å²) in [6, 6.07) is 15.3. The van der Waals surface area contributed by atoms with E-state index >= 15 is 0 Å². The van der Waals surface area contributed by atoms with Crippen molar-refractivity contribution in [2.45, 2.75) is 18.9 Å². The zero-order chi connectivity index (χ0) is 18.1. The molecule has 1 N–H and O–H groups in total. The molecule has 0 spiro atoms. The lowest BCUT2D eigenvalue weighted by Crippen LogP contribution is -2.45. The van der Waals surface area contributed by atoms with Crippen LogP contribution in [0.4, 0.5) is 11.4 Å². The lowest BCUT2D eigenvalue weighted by atomic mass is 10.1. The lowest BCUT2D eigenvalue weighted by Gasteiger charge is -2.38. The molecule has 0 aromatic heterocycles. The van der Waals surface area contributed by atoms with Crippen LogP contribution in [-0.4, -0.2) is 42.7 Å². The number of nitrogens with zero attached hydrogens (tertiary/aromatic N) is 2. The maximum Gasteiger partial charge on any atom is 0.341 e. The summed E-state index contributed by atoms with van der Waals surface area (Å²) in [7, 11) is 0. The number of anilines is 2. The van der Waals surface area contributed by atoms with Gasteiger partial charge in [-0.2, -0.15) is 0 Å². The van der Waals surface area contributed by atoms with Crippen LogP contribution in [0.1, 0.15) is 23.2 Å². The zero-order valence-electron chi connectivity index (χ0n) is 14.3. The van der Waals surface area contributed by atoms with E-state index in [1.165, 1.54) is 12.8 Å². The van der Waals surface area contributed by atoms with Gasteiger partial charge in [-0.3, -0.25) is 4.79 Å². The van der Waals surface area contributed by atoms with Crippen molar-refractivity contribution in [1.82, 2.24) is 0 Å². The highest BCUT2D eigenvalue weighted by molar-refractivity contribution is 6.08. The van der Waals surface area contributed by atoms with Crippen LogP contribution in [0, 0.1) is 0 Å². The normalized spacial score (nSPS) is 16.2. The highest BCUT2D eigenvalue weighted by atomic mass is 16.5. The monoisotopic (exact) mass is 352 g/mol. The Balaban J connectivity index is 1.54. The molecule has 1 saturated carbocycles. The third-order valence-electron chi connectivity index (χ3n) is 4.74. The second-order valence-electron chi connectivity index (χ2n) is 6.58. The van der Waals surface area contributed by atoms with Crippen LogP contribution in [0.5, 0.6) is 5.75 Å². The molecule has 1 aliphatic heterocycles. The maximum absolute atomic E-state index is 13.0. The van der Waals surface area contributed by atoms with Crippen molar-refractivity contribution in [1.29, 1.82) is 0 Å². The predicted molar refractivity (Wildman–Crippen MR) is 98.1 cm³/mol. The highest BCUT2D eigenvalue weighted by Gasteiger charge is 2.35. The fourth-order valence-electron chi connectivity index (χ4n) is 3.35. The summed E-state index contributed by atoms with van der Waals surface area (Å²) in [5.41, 5.74) is 2.63. The van der Waals surface area contributed by atoms with Crippen molar-refractivity contribution in [2.24, 2.45) is 0 Å². The summed E-state index contributed by atoms with van der Waals surface area (Å²) in [5.74, 6) is -0.657. The van der Waals surface area contributed by atoms with Gasteiger partial charge in [0.15, 0.2) is 6.61 Å². The van der Waals surface area contributed by atoms with E-state index in [1.54, 1.807) is 24.3 Å². The van der Waals surface area contributed by atoms with Gasteiger partial charge in [0.05, 0.1) is 11.4 Å². The minimum atomic E-state index is -1.03. The van der Waals surface area contributed by atoms with Crippen LogP contribution in [0.2, 0.25) is 0 Å². The van der Waals surface area contributed by atoms with Crippen molar-refractivity contribution in [3.05, 3.63) is 54.1 Å². The number of carbonyl (C=O) groups is 2. The molecule has 0 radical (unpaired) electrons. The molecule has 2 aromatic rings. The van der Waals surface area contributed by atoms with Gasteiger partial charge >= 0.3 is 5.97 Å². The van der Waals surface area contributed by atoms with Crippen LogP contribution in [0.25, 0.3) is 0 Å². The Kier molecular flexibility index (Phi) is 4.24. The number of ether oxygens (including phenoxy) is 1. The van der Waals surface area contributed by atoms with Gasteiger partial charge in [0.25, 0.3) is 5.91 Å². The van der Waals surface area contributed by atoms with Gasteiger partial charge in [-0.05, 0) is 49.2 Å². The molecule has 4 rings (SSSR count). The van der Waals surface area contributed by atoms with Gasteiger partial charge in [-0.25, -0.2) is 4.79 Å². The number of hydrogen-bond acceptors (Lipinski definition) is 4. The predicted octanol–water partition coefficient (Wildman–Crippen LogP) is 2.78. The van der Waals surface area contributed by atoms with Gasteiger partial charge in [0.1, 0.15) is 5.75 Å². The lowest BCUT2D eigenvalue weighted by molar-refractivity contribution is -0.139. The standard InChI is InChI=1S/C20H20N2O4/c23-19(24)13-26-16-9-5-14(6-10-16)20(25)22-12-11-21(15-7-8-15)17-3-1-2-4-18(17)22/h1-6,9-10,15H,7-8,11-13H2,(H,23,24). The number of amides is 1. The summed E-state index contributed by atoms with van der Waals surface area (Å²) in [6.07, 6.45) is 2.44. The zero-order valence-corrected chi connectivity index (χ0v) is 14.3. The molecule has 0 saturated heterocycles. The maximum atomic E-state index is 13.0. The molecule has 1 amide bonds. The number of benzene rings is 2. The van der Waals surface area contributed by atoms with E-state index in [0.717, 1.165) is 17.9 Å². The van der Waals surface area contributed by atoms with E-state index in [0.29, 0.717) is 23.9 Å². The number of fused-ring (bicyclic) bond motifs is 1. The van der Waals surface area contributed by atoms with Crippen molar-refractivity contribution < 1.29 is 19.4 Å². The van der Waals surface area contributed by atoms with E-state index in [-0.39, 0.29) is 5.91 Å². The number of para-hydroxylation sites is 2. The van der Waals surface area contributed by atoms with Crippen molar-refractivity contribution in [3.8, 4) is 5.75 Å². The van der Waals surface area contributed by atoms with Gasteiger partial charge in [-0.15, -0.1) is 0 Å². The molecule has 2 aliphatic rings. The SMILES string of the molecule is O=C(O)COc1ccc(C(=O)N2CCN(C3CC3)c3ccccc32)cc1. The Bertz CT molecular complexity index is 830. The molecule has 0 atom stereocenters. The summed E-state index contributed by atoms with van der Waals surface area (Å²) in [5, 5.41) is 8.66. The second-order valence-corrected chi connectivity index (χ2v) is 6.58. The van der Waals surface area contributed by atoms with Gasteiger partial charge in [0.2, 0.25) is 0 Å². The van der Waals surface area contributed by atoms with E-state index < -0.39 is 12.6 Å². The first kappa shape index (κ1) is 16.4. The minimum Gasteiger partial charge on any atom is -0.482 e. The van der Waals surface area contributed by atoms with Crippen LogP contribution in [0.15, 0.2) is 48.5 Å². The van der Waals surface area contributed by atoms with Crippen LogP contribution < -0.4 is 14.5 Å². The molecule has 2 aromatic carbocycles. The molecule has 1 aliphatic carbocycles. The van der Waals surface area contributed by atoms with E-state index in [9.17, 15) is 9.59 Å². The van der Waals surface area contributed by atoms with Gasteiger partial charge < -0.3 is 19.6 Å². The molecule has 26 heavy (non-hydrogen) atoms. The number of rotatable bonds is 5. The smallest absolute Gasteiger partial charge is 0.341 e. The fraction of sp³-hybridized carbons (Fsp3) is 0.300. The molecule has 1 fully saturated rings. The summed E-state index contributed by atoms with van der Waals surface area (Å²) in [4.78, 5) is 27.8. The number of carbonyl (C=O) groups excluding carboxylic acids is 1. The van der Waals surface area contributed by atoms with Gasteiger partial charge in [0, 0.05) is 24.7 Å². The van der Waals surface area contributed by atoms with Crippen molar-refractivity contribution in [3.63, 3.8) is 0 Å². The molecule has 6 heteroatoms. The number of carboxylic acid groups (broad SMARTS) is 1. The molecular formula is C20H20N2O4. The molecule has 0 bridgehead atoms. The number of carboxylic acids is 1. The molecule has 0 unspecified atom stereocenters. The fourth-order valence-corrected chi connectivity index (χ4v) is 3.35. The van der Waals surface area contributed by atoms with E-state index in [2.05, 4.69) is 11.0 Å². The Hall–Kier alpha value is -3.02. The third kappa shape index (κ3) is 3.22. The third-order valence-corrected chi connectivity index (χ3v) is 4.74. The first-order valence-electron chi connectivity index (χ1n) is 8.75. The topological polar surface area (TPSA) is 70.1 Å². The van der Waals surface area contributed by atoms with Crippen LogP contribution >= 0.6 is 0 Å². The average Bonchev–Trinajstić information content (AvgIpc) is 3.50. The summed E-state index contributed by atoms with van der Waals surface area (Å²) >= 11 is 0. The Labute approximate surface area is 151 Å². The van der Waals surface area contributed by atoms with Crippen molar-refractivity contribution >= 4 is 23.3 Å². The van der Waals surface area contributed by atoms with E-state index in [1.807, 2.05) is 23.1 Å². The van der Waals surface area contributed by atoms with Crippen LogP contribution in [-0.2, 0) is 4.79 Å². The first-order valence-corrected chi connectivity index (χ1v) is 8.75. The first-order chi connectivity index (χ1) is 12.6. The summed E-state index contributed by atoms with van der Waals surface area (Å²) in [6.45, 7) is 1.10. The van der Waals surface area contributed by atoms with Crippen LogP contribution in [0.3, 0.4) is 0 Å². The summed E-state index contributed by atoms with van der Waals surface area (Å²) < 4.78 is 5.12. The molecule has 134 valence electrons. The molecule has 6 nitrogen and oxygen atoms in total. The molecule has 1 heterocycles. The second kappa shape index (κ2) is 6.71. The van der Waals surface area contributed by atoms with Gasteiger partial charge in [-0.1, -0.05) is 12.1 Å². The van der Waals surface area contributed by atoms with E-state index in [4.69, 9.17) is 9.84 Å². The minimum absolute atomic E-state index is 0.0577. The largest absolute Gasteiger partial charge is 0.482 e. The highest BCUT2D eigenvalue weighted by Crippen LogP contribution is 2.40. The number of aliphatic carboxylic acids is 1.